The number of likely N-dealkylation sites (tertiary alicyclic amines) is 1. The zero-order valence-electron chi connectivity index (χ0n) is 18.0. The van der Waals surface area contributed by atoms with Gasteiger partial charge in [0.05, 0.1) is 18.2 Å². The first kappa shape index (κ1) is 22.8. The van der Waals surface area contributed by atoms with Gasteiger partial charge in [0.15, 0.2) is 0 Å². The van der Waals surface area contributed by atoms with E-state index in [4.69, 9.17) is 16.3 Å². The van der Waals surface area contributed by atoms with E-state index in [0.717, 1.165) is 12.1 Å². The number of hydrogen-bond acceptors (Lipinski definition) is 5. The molecule has 0 aliphatic carbocycles. The van der Waals surface area contributed by atoms with Crippen molar-refractivity contribution in [1.29, 1.82) is 0 Å². The highest BCUT2D eigenvalue weighted by molar-refractivity contribution is 6.46. The van der Waals surface area contributed by atoms with E-state index in [1.807, 2.05) is 25.9 Å². The van der Waals surface area contributed by atoms with Gasteiger partial charge in [0.1, 0.15) is 11.5 Å². The fraction of sp³-hybridized carbons (Fsp3) is 0.333. The number of ketones is 1. The second-order valence-electron chi connectivity index (χ2n) is 7.66. The first-order valence-corrected chi connectivity index (χ1v) is 10.6. The third-order valence-corrected chi connectivity index (χ3v) is 5.42. The topological polar surface area (TPSA) is 70.1 Å². The molecule has 2 aromatic carbocycles. The molecule has 1 aliphatic heterocycles. The lowest BCUT2D eigenvalue weighted by Gasteiger charge is -2.26. The van der Waals surface area contributed by atoms with Gasteiger partial charge in [-0.15, -0.1) is 0 Å². The van der Waals surface area contributed by atoms with E-state index in [2.05, 4.69) is 0 Å². The third-order valence-electron chi connectivity index (χ3n) is 5.17. The van der Waals surface area contributed by atoms with Crippen LogP contribution >= 0.6 is 11.6 Å². The maximum atomic E-state index is 13.0. The van der Waals surface area contributed by atoms with Crippen LogP contribution in [-0.4, -0.2) is 60.4 Å². The zero-order chi connectivity index (χ0) is 22.5. The molecule has 0 aromatic heterocycles. The summed E-state index contributed by atoms with van der Waals surface area (Å²) >= 11 is 6.04. The largest absolute Gasteiger partial charge is 0.507 e. The van der Waals surface area contributed by atoms with Gasteiger partial charge in [-0.05, 0) is 75.9 Å². The van der Waals surface area contributed by atoms with Crippen LogP contribution in [-0.2, 0) is 9.59 Å². The summed E-state index contributed by atoms with van der Waals surface area (Å²) in [6, 6.07) is 13.1. The smallest absolute Gasteiger partial charge is 0.295 e. The van der Waals surface area contributed by atoms with E-state index >= 15 is 0 Å². The van der Waals surface area contributed by atoms with Crippen LogP contribution < -0.4 is 4.74 Å². The first-order valence-electron chi connectivity index (χ1n) is 10.2. The van der Waals surface area contributed by atoms with Crippen LogP contribution in [0, 0.1) is 0 Å². The number of hydrogen-bond donors (Lipinski definition) is 1. The van der Waals surface area contributed by atoms with Crippen LogP contribution in [0.4, 0.5) is 0 Å². The summed E-state index contributed by atoms with van der Waals surface area (Å²) < 4.78 is 5.44. The Bertz CT molecular complexity index is 968. The van der Waals surface area contributed by atoms with Crippen LogP contribution in [0.5, 0.6) is 5.75 Å². The van der Waals surface area contributed by atoms with Crippen molar-refractivity contribution in [2.45, 2.75) is 19.4 Å². The minimum Gasteiger partial charge on any atom is -0.507 e. The molecule has 6 nitrogen and oxygen atoms in total. The number of carbonyl (C=O) groups excluding carboxylic acids is 2. The van der Waals surface area contributed by atoms with Gasteiger partial charge in [-0.25, -0.2) is 0 Å². The minimum atomic E-state index is -0.684. The van der Waals surface area contributed by atoms with Gasteiger partial charge < -0.3 is 19.6 Å². The van der Waals surface area contributed by atoms with Gasteiger partial charge in [-0.3, -0.25) is 9.59 Å². The number of rotatable bonds is 8. The first-order chi connectivity index (χ1) is 14.8. The van der Waals surface area contributed by atoms with Gasteiger partial charge >= 0.3 is 0 Å². The van der Waals surface area contributed by atoms with Gasteiger partial charge in [-0.1, -0.05) is 23.7 Å². The molecule has 1 heterocycles. The molecule has 164 valence electrons. The van der Waals surface area contributed by atoms with Gasteiger partial charge in [-0.2, -0.15) is 0 Å². The number of aliphatic hydroxyl groups excluding tert-OH is 1. The van der Waals surface area contributed by atoms with Crippen LogP contribution in [0.25, 0.3) is 5.76 Å². The highest BCUT2D eigenvalue weighted by Gasteiger charge is 2.45. The number of aliphatic hydroxyl groups is 1. The highest BCUT2D eigenvalue weighted by atomic mass is 35.5. The molecule has 2 aromatic rings. The Morgan fingerprint density at radius 1 is 1.10 bits per heavy atom. The highest BCUT2D eigenvalue weighted by Crippen LogP contribution is 2.39. The lowest BCUT2D eigenvalue weighted by Crippen LogP contribution is -2.32. The molecule has 0 bridgehead atoms. The lowest BCUT2D eigenvalue weighted by atomic mass is 9.95. The maximum absolute atomic E-state index is 13.0. The minimum absolute atomic E-state index is 0.0846. The fourth-order valence-corrected chi connectivity index (χ4v) is 3.82. The molecule has 0 spiro atoms. The van der Waals surface area contributed by atoms with Crippen LogP contribution in [0.15, 0.2) is 54.1 Å². The summed E-state index contributed by atoms with van der Waals surface area (Å²) in [7, 11) is 3.91. The van der Waals surface area contributed by atoms with Crippen molar-refractivity contribution in [2.75, 3.05) is 33.8 Å². The Hall–Kier alpha value is -2.83. The molecular formula is C24H27ClN2O4. The normalized spacial score (nSPS) is 18.1. The molecule has 1 atom stereocenters. The lowest BCUT2D eigenvalue weighted by molar-refractivity contribution is -0.139. The number of ether oxygens (including phenoxy) is 1. The summed E-state index contributed by atoms with van der Waals surface area (Å²) in [5.74, 6) is -0.823. The molecule has 1 N–H and O–H groups in total. The average Bonchev–Trinajstić information content (AvgIpc) is 2.99. The summed E-state index contributed by atoms with van der Waals surface area (Å²) in [6.07, 6.45) is 0.702. The van der Waals surface area contributed by atoms with Crippen LogP contribution in [0.3, 0.4) is 0 Å². The predicted molar refractivity (Wildman–Crippen MR) is 121 cm³/mol. The number of Topliss-reactive ketones (excluding diaryl/α,β-unsaturated/α-hetero) is 1. The summed E-state index contributed by atoms with van der Waals surface area (Å²) in [5, 5.41) is 11.6. The molecule has 0 saturated carbocycles. The van der Waals surface area contributed by atoms with Gasteiger partial charge in [0.25, 0.3) is 11.7 Å². The molecule has 31 heavy (non-hydrogen) atoms. The number of halogens is 1. The van der Waals surface area contributed by atoms with E-state index in [0.29, 0.717) is 35.9 Å². The second kappa shape index (κ2) is 9.98. The molecule has 1 unspecified atom stereocenters. The van der Waals surface area contributed by atoms with Crippen molar-refractivity contribution in [2.24, 2.45) is 0 Å². The van der Waals surface area contributed by atoms with Crippen LogP contribution in [0.1, 0.15) is 30.5 Å². The van der Waals surface area contributed by atoms with Gasteiger partial charge in [0.2, 0.25) is 0 Å². The number of amides is 1. The van der Waals surface area contributed by atoms with Crippen molar-refractivity contribution in [3.8, 4) is 5.75 Å². The summed E-state index contributed by atoms with van der Waals surface area (Å²) in [6.45, 7) is 3.59. The Morgan fingerprint density at radius 2 is 1.74 bits per heavy atom. The quantitative estimate of drug-likeness (QED) is 0.378. The number of carbonyl (C=O) groups is 2. The van der Waals surface area contributed by atoms with Crippen molar-refractivity contribution in [3.05, 3.63) is 70.3 Å². The van der Waals surface area contributed by atoms with E-state index in [-0.39, 0.29) is 11.3 Å². The summed E-state index contributed by atoms with van der Waals surface area (Å²) in [5.41, 5.74) is 1.26. The van der Waals surface area contributed by atoms with E-state index in [1.165, 1.54) is 4.90 Å². The van der Waals surface area contributed by atoms with Crippen molar-refractivity contribution >= 4 is 29.1 Å². The predicted octanol–water partition coefficient (Wildman–Crippen LogP) is 4.11. The Labute approximate surface area is 187 Å². The number of nitrogens with zero attached hydrogens (tertiary/aromatic N) is 2. The Balaban J connectivity index is 2.04. The van der Waals surface area contributed by atoms with Crippen molar-refractivity contribution in [3.63, 3.8) is 0 Å². The molecule has 1 saturated heterocycles. The number of benzene rings is 2. The summed E-state index contributed by atoms with van der Waals surface area (Å²) in [4.78, 5) is 29.4. The molecule has 1 fully saturated rings. The van der Waals surface area contributed by atoms with E-state index in [9.17, 15) is 14.7 Å². The van der Waals surface area contributed by atoms with Gasteiger partial charge in [0, 0.05) is 17.1 Å². The van der Waals surface area contributed by atoms with Crippen molar-refractivity contribution < 1.29 is 19.4 Å². The van der Waals surface area contributed by atoms with E-state index in [1.54, 1.807) is 48.5 Å². The molecule has 3 rings (SSSR count). The maximum Gasteiger partial charge on any atom is 0.295 e. The second-order valence-corrected chi connectivity index (χ2v) is 8.09. The molecule has 0 radical (unpaired) electrons. The van der Waals surface area contributed by atoms with E-state index < -0.39 is 17.7 Å². The SMILES string of the molecule is CCOc1ccc(/C(O)=C2/C(=O)C(=O)N(CCCN(C)C)C2c2ccc(Cl)cc2)cc1. The molecule has 1 amide bonds. The Morgan fingerprint density at radius 3 is 2.32 bits per heavy atom. The fourth-order valence-electron chi connectivity index (χ4n) is 3.69. The zero-order valence-corrected chi connectivity index (χ0v) is 18.7. The molecule has 1 aliphatic rings. The molecular weight excluding hydrogens is 416 g/mol. The monoisotopic (exact) mass is 442 g/mol. The third kappa shape index (κ3) is 5.09. The van der Waals surface area contributed by atoms with Crippen LogP contribution in [0.2, 0.25) is 5.02 Å². The van der Waals surface area contributed by atoms with Crippen molar-refractivity contribution in [1.82, 2.24) is 9.80 Å². The average molecular weight is 443 g/mol. The Kier molecular flexibility index (Phi) is 7.36. The standard InChI is InChI=1S/C24H27ClN2O4/c1-4-31-19-12-8-17(9-13-19)22(28)20-21(16-6-10-18(25)11-7-16)27(24(30)23(20)29)15-5-14-26(2)3/h6-13,21,28H,4-5,14-15H2,1-3H3/b22-20-. The molecule has 7 heteroatoms.